The van der Waals surface area contributed by atoms with Crippen molar-refractivity contribution >= 4 is 28.2 Å². The van der Waals surface area contributed by atoms with Crippen LogP contribution in [0, 0.1) is 17.0 Å². The van der Waals surface area contributed by atoms with E-state index in [0.717, 1.165) is 27.9 Å². The van der Waals surface area contributed by atoms with Crippen LogP contribution >= 0.6 is 0 Å². The minimum atomic E-state index is -0.401. The molecule has 8 heteroatoms. The lowest BCUT2D eigenvalue weighted by Gasteiger charge is -2.36. The molecular formula is C30H30N4O4. The molecule has 1 saturated heterocycles. The molecule has 1 amide bonds. The molecule has 38 heavy (non-hydrogen) atoms. The number of nitro benzene ring substituents is 1. The van der Waals surface area contributed by atoms with Gasteiger partial charge >= 0.3 is 0 Å². The molecule has 0 N–H and O–H groups in total. The number of nitro groups is 1. The summed E-state index contributed by atoms with van der Waals surface area (Å²) in [4.78, 5) is 28.2. The summed E-state index contributed by atoms with van der Waals surface area (Å²) >= 11 is 0. The Morgan fingerprint density at radius 3 is 2.45 bits per heavy atom. The van der Waals surface area contributed by atoms with Crippen molar-refractivity contribution < 1.29 is 14.5 Å². The Labute approximate surface area is 221 Å². The van der Waals surface area contributed by atoms with Crippen molar-refractivity contribution in [1.82, 2.24) is 9.47 Å². The van der Waals surface area contributed by atoms with Crippen LogP contribution in [0.5, 0.6) is 5.75 Å². The number of ether oxygens (including phenoxy) is 1. The normalized spacial score (nSPS) is 13.5. The number of nitrogens with zero attached hydrogens (tertiary/aromatic N) is 4. The number of amides is 1. The minimum absolute atomic E-state index is 0.0315. The maximum absolute atomic E-state index is 13.7. The number of carbonyl (C=O) groups excluding carboxylic acids is 1. The Kier molecular flexibility index (Phi) is 7.13. The lowest BCUT2D eigenvalue weighted by molar-refractivity contribution is -0.384. The quantitative estimate of drug-likeness (QED) is 0.175. The van der Waals surface area contributed by atoms with E-state index in [1.54, 1.807) is 18.2 Å². The first-order valence-electron chi connectivity index (χ1n) is 12.6. The first-order chi connectivity index (χ1) is 18.4. The summed E-state index contributed by atoms with van der Waals surface area (Å²) in [5.74, 6) is 0.708. The number of benzene rings is 3. The molecule has 0 radical (unpaired) electrons. The molecule has 0 atom stereocenters. The zero-order valence-electron chi connectivity index (χ0n) is 21.4. The highest BCUT2D eigenvalue weighted by Gasteiger charge is 2.26. The van der Waals surface area contributed by atoms with Gasteiger partial charge < -0.3 is 19.1 Å². The monoisotopic (exact) mass is 510 g/mol. The average Bonchev–Trinajstić information content (AvgIpc) is 3.31. The Bertz CT molecular complexity index is 1480. The molecule has 0 unspecified atom stereocenters. The topological polar surface area (TPSA) is 80.9 Å². The molecule has 1 fully saturated rings. The number of hydrogen-bond acceptors (Lipinski definition) is 5. The van der Waals surface area contributed by atoms with Crippen LogP contribution in [0.4, 0.5) is 11.4 Å². The van der Waals surface area contributed by atoms with Crippen LogP contribution in [0.15, 0.2) is 85.5 Å². The zero-order valence-corrected chi connectivity index (χ0v) is 21.4. The highest BCUT2D eigenvalue weighted by molar-refractivity contribution is 6.00. The standard InChI is InChI=1S/C30H30N4O4/c1-3-14-33-27-8-5-9-29(38-21-23-7-4-6-22(2)19-23)26(27)20-28(33)30(35)32-17-15-31(16-18-32)24-10-12-25(13-11-24)34(36)37/h3-13,19-20H,1,14-18,21H2,2H3. The number of anilines is 1. The first kappa shape index (κ1) is 25.1. The Morgan fingerprint density at radius 1 is 1.03 bits per heavy atom. The van der Waals surface area contributed by atoms with E-state index in [0.29, 0.717) is 45.0 Å². The van der Waals surface area contributed by atoms with Gasteiger partial charge in [0.1, 0.15) is 18.1 Å². The molecule has 5 rings (SSSR count). The van der Waals surface area contributed by atoms with E-state index in [4.69, 9.17) is 4.74 Å². The van der Waals surface area contributed by atoms with Crippen molar-refractivity contribution in [3.8, 4) is 5.75 Å². The van der Waals surface area contributed by atoms with E-state index in [-0.39, 0.29) is 11.6 Å². The summed E-state index contributed by atoms with van der Waals surface area (Å²) < 4.78 is 8.20. The van der Waals surface area contributed by atoms with Crippen LogP contribution < -0.4 is 9.64 Å². The lowest BCUT2D eigenvalue weighted by Crippen LogP contribution is -2.49. The van der Waals surface area contributed by atoms with Gasteiger partial charge in [-0.2, -0.15) is 0 Å². The van der Waals surface area contributed by atoms with Crippen molar-refractivity contribution in [1.29, 1.82) is 0 Å². The minimum Gasteiger partial charge on any atom is -0.488 e. The highest BCUT2D eigenvalue weighted by atomic mass is 16.6. The van der Waals surface area contributed by atoms with Crippen LogP contribution in [0.2, 0.25) is 0 Å². The van der Waals surface area contributed by atoms with E-state index >= 15 is 0 Å². The summed E-state index contributed by atoms with van der Waals surface area (Å²) in [5.41, 5.74) is 4.80. The predicted octanol–water partition coefficient (Wildman–Crippen LogP) is 5.59. The molecule has 3 aromatic carbocycles. The fourth-order valence-electron chi connectivity index (χ4n) is 4.96. The van der Waals surface area contributed by atoms with Gasteiger partial charge in [0.25, 0.3) is 11.6 Å². The van der Waals surface area contributed by atoms with Crippen molar-refractivity contribution in [3.63, 3.8) is 0 Å². The molecule has 0 saturated carbocycles. The molecule has 1 aliphatic heterocycles. The van der Waals surface area contributed by atoms with Crippen LogP contribution in [-0.2, 0) is 13.2 Å². The van der Waals surface area contributed by atoms with Gasteiger partial charge in [-0.15, -0.1) is 6.58 Å². The largest absolute Gasteiger partial charge is 0.488 e. The second-order valence-electron chi connectivity index (χ2n) is 9.45. The molecule has 2 heterocycles. The number of piperazine rings is 1. The molecule has 1 aliphatic rings. The molecule has 1 aromatic heterocycles. The van der Waals surface area contributed by atoms with Crippen molar-refractivity contribution in [2.75, 3.05) is 31.1 Å². The molecule has 194 valence electrons. The van der Waals surface area contributed by atoms with Gasteiger partial charge in [0.15, 0.2) is 0 Å². The number of aromatic nitrogens is 1. The lowest BCUT2D eigenvalue weighted by atomic mass is 10.1. The average molecular weight is 511 g/mol. The van der Waals surface area contributed by atoms with Gasteiger partial charge in [-0.25, -0.2) is 0 Å². The molecule has 0 bridgehead atoms. The first-order valence-corrected chi connectivity index (χ1v) is 12.6. The number of hydrogen-bond donors (Lipinski definition) is 0. The number of aryl methyl sites for hydroxylation is 1. The van der Waals surface area contributed by atoms with Crippen LogP contribution in [0.1, 0.15) is 21.6 Å². The second kappa shape index (κ2) is 10.8. The molecule has 8 nitrogen and oxygen atoms in total. The molecule has 0 aliphatic carbocycles. The van der Waals surface area contributed by atoms with E-state index < -0.39 is 4.92 Å². The van der Waals surface area contributed by atoms with Crippen LogP contribution in [0.3, 0.4) is 0 Å². The van der Waals surface area contributed by atoms with Gasteiger partial charge in [-0.3, -0.25) is 14.9 Å². The molecular weight excluding hydrogens is 480 g/mol. The third-order valence-electron chi connectivity index (χ3n) is 6.91. The van der Waals surface area contributed by atoms with Crippen molar-refractivity contribution in [2.45, 2.75) is 20.1 Å². The summed E-state index contributed by atoms with van der Waals surface area (Å²) in [6.45, 7) is 9.32. The van der Waals surface area contributed by atoms with Gasteiger partial charge in [0.2, 0.25) is 0 Å². The number of rotatable bonds is 8. The fourth-order valence-corrected chi connectivity index (χ4v) is 4.96. The third kappa shape index (κ3) is 5.11. The summed E-state index contributed by atoms with van der Waals surface area (Å²) in [6, 6.07) is 22.6. The summed E-state index contributed by atoms with van der Waals surface area (Å²) in [5, 5.41) is 11.8. The van der Waals surface area contributed by atoms with E-state index in [9.17, 15) is 14.9 Å². The summed E-state index contributed by atoms with van der Waals surface area (Å²) in [7, 11) is 0. The molecule has 4 aromatic rings. The predicted molar refractivity (Wildman–Crippen MR) is 149 cm³/mol. The zero-order chi connectivity index (χ0) is 26.6. The van der Waals surface area contributed by atoms with E-state index in [1.807, 2.05) is 45.9 Å². The summed E-state index contributed by atoms with van der Waals surface area (Å²) in [6.07, 6.45) is 1.79. The SMILES string of the molecule is C=CCn1c(C(=O)N2CCN(c3ccc([N+](=O)[O-])cc3)CC2)cc2c(OCc3cccc(C)c3)cccc21. The van der Waals surface area contributed by atoms with E-state index in [1.165, 1.54) is 17.7 Å². The van der Waals surface area contributed by atoms with Gasteiger partial charge in [0.05, 0.1) is 10.4 Å². The van der Waals surface area contributed by atoms with Crippen LogP contribution in [-0.4, -0.2) is 46.5 Å². The Balaban J connectivity index is 1.34. The van der Waals surface area contributed by atoms with Gasteiger partial charge in [-0.05, 0) is 42.8 Å². The smallest absolute Gasteiger partial charge is 0.270 e. The van der Waals surface area contributed by atoms with E-state index in [2.05, 4.69) is 30.5 Å². The Morgan fingerprint density at radius 2 is 1.76 bits per heavy atom. The number of fused-ring (bicyclic) bond motifs is 1. The van der Waals surface area contributed by atoms with Crippen molar-refractivity contribution in [3.05, 3.63) is 112 Å². The maximum Gasteiger partial charge on any atom is 0.270 e. The van der Waals surface area contributed by atoms with Crippen LogP contribution in [0.25, 0.3) is 10.9 Å². The Hall–Kier alpha value is -4.59. The van der Waals surface area contributed by atoms with Gasteiger partial charge in [0, 0.05) is 55.9 Å². The number of non-ortho nitro benzene ring substituents is 1. The van der Waals surface area contributed by atoms with Gasteiger partial charge in [-0.1, -0.05) is 42.0 Å². The second-order valence-corrected chi connectivity index (χ2v) is 9.45. The maximum atomic E-state index is 13.7. The number of carbonyl (C=O) groups is 1. The van der Waals surface area contributed by atoms with Crippen molar-refractivity contribution in [2.24, 2.45) is 0 Å². The highest BCUT2D eigenvalue weighted by Crippen LogP contribution is 2.31. The third-order valence-corrected chi connectivity index (χ3v) is 6.91. The fraction of sp³-hybridized carbons (Fsp3) is 0.233. The molecule has 0 spiro atoms. The number of allylic oxidation sites excluding steroid dienone is 1.